The first kappa shape index (κ1) is 18.8. The number of rotatable bonds is 7. The van der Waals surface area contributed by atoms with Gasteiger partial charge in [0, 0.05) is 18.7 Å². The highest BCUT2D eigenvalue weighted by atomic mass is 28.5. The third-order valence-electron chi connectivity index (χ3n) is 2.13. The van der Waals surface area contributed by atoms with Gasteiger partial charge in [0.15, 0.2) is 16.6 Å². The van der Waals surface area contributed by atoms with Crippen molar-refractivity contribution in [3.05, 3.63) is 12.2 Å². The Morgan fingerprint density at radius 2 is 1.37 bits per heavy atom. The smallest absolute Gasteiger partial charge is 0.319 e. The monoisotopic (exact) mass is 319 g/mol. The Morgan fingerprint density at radius 1 is 1.00 bits per heavy atom. The molecule has 0 aromatic heterocycles. The Labute approximate surface area is 121 Å². The standard InChI is InChI=1S/C12H29NO3Si3/c1-11(12(14)13-2)10-19(9,15-17(3,4)5)16-18(6,7)8/h1,10H2,2-9H3,(H,13,14). The fourth-order valence-electron chi connectivity index (χ4n) is 2.03. The highest BCUT2D eigenvalue weighted by Crippen LogP contribution is 2.26. The normalized spacial score (nSPS) is 13.3. The molecule has 0 atom stereocenters. The van der Waals surface area contributed by atoms with Gasteiger partial charge in [0.2, 0.25) is 5.91 Å². The summed E-state index contributed by atoms with van der Waals surface area (Å²) in [6, 6.07) is 0.529. The van der Waals surface area contributed by atoms with Crippen LogP contribution in [0.3, 0.4) is 0 Å². The topological polar surface area (TPSA) is 47.6 Å². The molecule has 0 saturated carbocycles. The van der Waals surface area contributed by atoms with Gasteiger partial charge in [-0.3, -0.25) is 4.79 Å². The van der Waals surface area contributed by atoms with E-state index in [1.54, 1.807) is 7.05 Å². The summed E-state index contributed by atoms with van der Waals surface area (Å²) in [5, 5.41) is 2.61. The summed E-state index contributed by atoms with van der Waals surface area (Å²) in [5.74, 6) is -0.128. The number of carbonyl (C=O) groups is 1. The molecule has 0 aliphatic rings. The van der Waals surface area contributed by atoms with Gasteiger partial charge in [0.05, 0.1) is 0 Å². The molecule has 0 unspecified atom stereocenters. The molecule has 0 aliphatic carbocycles. The van der Waals surface area contributed by atoms with Crippen molar-refractivity contribution in [1.82, 2.24) is 5.32 Å². The molecule has 0 aromatic rings. The molecule has 7 heteroatoms. The SMILES string of the molecule is C=C(C[Si](C)(O[Si](C)(C)C)O[Si](C)(C)C)C(=O)NC. The molecule has 19 heavy (non-hydrogen) atoms. The lowest BCUT2D eigenvalue weighted by Gasteiger charge is -2.38. The van der Waals surface area contributed by atoms with Gasteiger partial charge in [-0.15, -0.1) is 0 Å². The molecule has 0 rings (SSSR count). The van der Waals surface area contributed by atoms with Crippen LogP contribution in [0.25, 0.3) is 0 Å². The lowest BCUT2D eigenvalue weighted by molar-refractivity contribution is -0.117. The van der Waals surface area contributed by atoms with E-state index < -0.39 is 25.2 Å². The fourth-order valence-corrected chi connectivity index (χ4v) is 14.5. The molecule has 1 amide bonds. The van der Waals surface area contributed by atoms with Crippen LogP contribution in [0.4, 0.5) is 0 Å². The Kier molecular flexibility index (Phi) is 6.41. The van der Waals surface area contributed by atoms with Crippen LogP contribution in [0, 0.1) is 0 Å². The number of hydrogen-bond acceptors (Lipinski definition) is 3. The van der Waals surface area contributed by atoms with Gasteiger partial charge in [-0.05, 0) is 45.8 Å². The summed E-state index contributed by atoms with van der Waals surface area (Å²) in [5.41, 5.74) is 0.549. The van der Waals surface area contributed by atoms with Crippen molar-refractivity contribution in [2.24, 2.45) is 0 Å². The zero-order chi connectivity index (χ0) is 15.5. The molecule has 4 nitrogen and oxygen atoms in total. The average molecular weight is 320 g/mol. The fraction of sp³-hybridized carbons (Fsp3) is 0.750. The molecule has 0 saturated heterocycles. The first-order valence-electron chi connectivity index (χ1n) is 6.58. The summed E-state index contributed by atoms with van der Waals surface area (Å²) in [6.45, 7) is 18.8. The molecule has 112 valence electrons. The molecule has 0 spiro atoms. The Hall–Kier alpha value is -0.219. The Morgan fingerprint density at radius 3 is 1.63 bits per heavy atom. The predicted octanol–water partition coefficient (Wildman–Crippen LogP) is 3.06. The molecule has 0 bridgehead atoms. The number of nitrogens with one attached hydrogen (secondary N) is 1. The van der Waals surface area contributed by atoms with Gasteiger partial charge >= 0.3 is 8.56 Å². The van der Waals surface area contributed by atoms with Crippen LogP contribution in [-0.4, -0.2) is 38.2 Å². The number of carbonyl (C=O) groups excluding carboxylic acids is 1. The minimum atomic E-state index is -2.40. The maximum atomic E-state index is 11.6. The van der Waals surface area contributed by atoms with E-state index in [9.17, 15) is 4.79 Å². The molecular formula is C12H29NO3Si3. The maximum absolute atomic E-state index is 11.6. The molecule has 0 radical (unpaired) electrons. The van der Waals surface area contributed by atoms with E-state index in [1.807, 2.05) is 0 Å². The van der Waals surface area contributed by atoms with Crippen LogP contribution < -0.4 is 5.32 Å². The number of amides is 1. The zero-order valence-corrected chi connectivity index (χ0v) is 16.6. The minimum Gasteiger partial charge on any atom is -0.436 e. The first-order chi connectivity index (χ1) is 8.28. The van der Waals surface area contributed by atoms with Gasteiger partial charge in [0.25, 0.3) is 0 Å². The predicted molar refractivity (Wildman–Crippen MR) is 88.5 cm³/mol. The minimum absolute atomic E-state index is 0.128. The van der Waals surface area contributed by atoms with Crippen molar-refractivity contribution in [1.29, 1.82) is 0 Å². The van der Waals surface area contributed by atoms with Gasteiger partial charge in [-0.2, -0.15) is 0 Å². The highest BCUT2D eigenvalue weighted by Gasteiger charge is 2.41. The van der Waals surface area contributed by atoms with Crippen LogP contribution in [0.1, 0.15) is 0 Å². The Bertz CT molecular complexity index is 329. The molecular weight excluding hydrogens is 290 g/mol. The van der Waals surface area contributed by atoms with E-state index in [-0.39, 0.29) is 5.91 Å². The largest absolute Gasteiger partial charge is 0.436 e. The van der Waals surface area contributed by atoms with E-state index >= 15 is 0 Å². The van der Waals surface area contributed by atoms with Crippen LogP contribution in [0.15, 0.2) is 12.2 Å². The average Bonchev–Trinajstić information content (AvgIpc) is 2.08. The lowest BCUT2D eigenvalue weighted by Crippen LogP contribution is -2.53. The molecule has 0 aliphatic heterocycles. The maximum Gasteiger partial charge on any atom is 0.319 e. The summed E-state index contributed by atoms with van der Waals surface area (Å²) >= 11 is 0. The van der Waals surface area contributed by atoms with Crippen molar-refractivity contribution >= 4 is 31.1 Å². The van der Waals surface area contributed by atoms with Crippen molar-refractivity contribution in [2.75, 3.05) is 7.05 Å². The third-order valence-corrected chi connectivity index (χ3v) is 11.5. The van der Waals surface area contributed by atoms with Gasteiger partial charge < -0.3 is 13.5 Å². The second-order valence-corrected chi connectivity index (χ2v) is 19.6. The van der Waals surface area contributed by atoms with Crippen molar-refractivity contribution in [2.45, 2.75) is 51.9 Å². The van der Waals surface area contributed by atoms with Crippen molar-refractivity contribution in [3.63, 3.8) is 0 Å². The summed E-state index contributed by atoms with van der Waals surface area (Å²) < 4.78 is 12.6. The van der Waals surface area contributed by atoms with Crippen molar-refractivity contribution < 1.29 is 13.0 Å². The summed E-state index contributed by atoms with van der Waals surface area (Å²) in [6.07, 6.45) is 0. The lowest BCUT2D eigenvalue weighted by atomic mass is 10.3. The number of hydrogen-bond donors (Lipinski definition) is 1. The van der Waals surface area contributed by atoms with Crippen molar-refractivity contribution in [3.8, 4) is 0 Å². The van der Waals surface area contributed by atoms with E-state index in [2.05, 4.69) is 57.7 Å². The van der Waals surface area contributed by atoms with E-state index in [0.29, 0.717) is 11.6 Å². The van der Waals surface area contributed by atoms with E-state index in [4.69, 9.17) is 8.23 Å². The Balaban J connectivity index is 5.06. The number of likely N-dealkylation sites (N-methyl/N-ethyl adjacent to an activating group) is 1. The second kappa shape index (κ2) is 6.49. The summed E-state index contributed by atoms with van der Waals surface area (Å²) in [7, 11) is -4.22. The summed E-state index contributed by atoms with van der Waals surface area (Å²) in [4.78, 5) is 11.6. The van der Waals surface area contributed by atoms with E-state index in [0.717, 1.165) is 0 Å². The first-order valence-corrected chi connectivity index (χ1v) is 15.9. The van der Waals surface area contributed by atoms with Gasteiger partial charge in [-0.25, -0.2) is 0 Å². The van der Waals surface area contributed by atoms with Crippen LogP contribution in [0.5, 0.6) is 0 Å². The molecule has 1 N–H and O–H groups in total. The second-order valence-electron chi connectivity index (χ2n) is 6.92. The molecule has 0 fully saturated rings. The van der Waals surface area contributed by atoms with Crippen LogP contribution in [0.2, 0.25) is 51.9 Å². The van der Waals surface area contributed by atoms with Gasteiger partial charge in [-0.1, -0.05) is 6.58 Å². The highest BCUT2D eigenvalue weighted by molar-refractivity contribution is 6.88. The quantitative estimate of drug-likeness (QED) is 0.579. The zero-order valence-electron chi connectivity index (χ0n) is 13.6. The van der Waals surface area contributed by atoms with Gasteiger partial charge in [0.1, 0.15) is 0 Å². The third kappa shape index (κ3) is 8.53. The van der Waals surface area contributed by atoms with E-state index in [1.165, 1.54) is 0 Å². The van der Waals surface area contributed by atoms with Crippen LogP contribution in [-0.2, 0) is 13.0 Å². The molecule has 0 aromatic carbocycles. The molecule has 0 heterocycles. The van der Waals surface area contributed by atoms with Crippen LogP contribution >= 0.6 is 0 Å².